The highest BCUT2D eigenvalue weighted by Crippen LogP contribution is 2.16. The molecule has 2 aliphatic rings. The summed E-state index contributed by atoms with van der Waals surface area (Å²) in [6.45, 7) is 9.64. The Morgan fingerprint density at radius 1 is 1.29 bits per heavy atom. The lowest BCUT2D eigenvalue weighted by atomic mass is 10.1. The molecule has 17 heavy (non-hydrogen) atoms. The Balaban J connectivity index is 1.76. The second kappa shape index (κ2) is 6.69. The van der Waals surface area contributed by atoms with Gasteiger partial charge < -0.3 is 10.5 Å². The zero-order chi connectivity index (χ0) is 12.1. The van der Waals surface area contributed by atoms with Crippen LogP contribution in [0.5, 0.6) is 0 Å². The molecule has 4 nitrogen and oxygen atoms in total. The maximum atomic E-state index is 5.82. The van der Waals surface area contributed by atoms with Gasteiger partial charge in [0.05, 0.1) is 6.61 Å². The normalized spacial score (nSPS) is 30.4. The van der Waals surface area contributed by atoms with Gasteiger partial charge in [0.1, 0.15) is 0 Å². The van der Waals surface area contributed by atoms with Crippen molar-refractivity contribution in [3.63, 3.8) is 0 Å². The van der Waals surface area contributed by atoms with Gasteiger partial charge in [0, 0.05) is 51.4 Å². The SMILES string of the molecule is CCC(CN)N1CCN(C2CCCOC2)CC1. The van der Waals surface area contributed by atoms with Gasteiger partial charge in [-0.1, -0.05) is 6.92 Å². The molecule has 0 aromatic carbocycles. The zero-order valence-corrected chi connectivity index (χ0v) is 11.1. The predicted molar refractivity (Wildman–Crippen MR) is 70.1 cm³/mol. The molecule has 2 aliphatic heterocycles. The minimum absolute atomic E-state index is 0.583. The summed E-state index contributed by atoms with van der Waals surface area (Å²) in [5.41, 5.74) is 5.82. The maximum absolute atomic E-state index is 5.82. The number of rotatable bonds is 4. The molecule has 0 bridgehead atoms. The van der Waals surface area contributed by atoms with Crippen molar-refractivity contribution in [2.24, 2.45) is 5.73 Å². The fraction of sp³-hybridized carbons (Fsp3) is 1.00. The largest absolute Gasteiger partial charge is 0.380 e. The third-order valence-electron chi connectivity index (χ3n) is 4.26. The average Bonchev–Trinajstić information content (AvgIpc) is 2.42. The topological polar surface area (TPSA) is 41.7 Å². The van der Waals surface area contributed by atoms with Crippen molar-refractivity contribution in [3.05, 3.63) is 0 Å². The number of nitrogens with two attached hydrogens (primary N) is 1. The summed E-state index contributed by atoms with van der Waals surface area (Å²) in [5, 5.41) is 0. The molecule has 2 unspecified atom stereocenters. The van der Waals surface area contributed by atoms with E-state index in [0.29, 0.717) is 12.1 Å². The van der Waals surface area contributed by atoms with Crippen molar-refractivity contribution in [2.45, 2.75) is 38.3 Å². The van der Waals surface area contributed by atoms with Crippen LogP contribution in [0.1, 0.15) is 26.2 Å². The van der Waals surface area contributed by atoms with E-state index < -0.39 is 0 Å². The molecule has 2 saturated heterocycles. The van der Waals surface area contributed by atoms with Crippen LogP contribution < -0.4 is 5.73 Å². The van der Waals surface area contributed by atoms with E-state index in [2.05, 4.69) is 16.7 Å². The Morgan fingerprint density at radius 2 is 2.06 bits per heavy atom. The lowest BCUT2D eigenvalue weighted by molar-refractivity contribution is -0.00763. The lowest BCUT2D eigenvalue weighted by Gasteiger charge is -2.42. The summed E-state index contributed by atoms with van der Waals surface area (Å²) < 4.78 is 5.58. The highest BCUT2D eigenvalue weighted by atomic mass is 16.5. The van der Waals surface area contributed by atoms with Crippen LogP contribution in [0.2, 0.25) is 0 Å². The monoisotopic (exact) mass is 241 g/mol. The molecule has 0 amide bonds. The first-order valence-electron chi connectivity index (χ1n) is 7.11. The highest BCUT2D eigenvalue weighted by molar-refractivity contribution is 4.83. The van der Waals surface area contributed by atoms with Gasteiger partial charge in [-0.15, -0.1) is 0 Å². The first-order valence-corrected chi connectivity index (χ1v) is 7.11. The minimum atomic E-state index is 0.583. The predicted octanol–water partition coefficient (Wildman–Crippen LogP) is 0.520. The van der Waals surface area contributed by atoms with Gasteiger partial charge in [0.2, 0.25) is 0 Å². The van der Waals surface area contributed by atoms with E-state index in [0.717, 1.165) is 19.8 Å². The van der Waals surface area contributed by atoms with Crippen molar-refractivity contribution in [1.29, 1.82) is 0 Å². The summed E-state index contributed by atoms with van der Waals surface area (Å²) in [6.07, 6.45) is 3.71. The molecule has 0 spiro atoms. The highest BCUT2D eigenvalue weighted by Gasteiger charge is 2.27. The Kier molecular flexibility index (Phi) is 5.22. The molecule has 2 N–H and O–H groups in total. The van der Waals surface area contributed by atoms with Crippen LogP contribution in [-0.2, 0) is 4.74 Å². The average molecular weight is 241 g/mol. The summed E-state index contributed by atoms with van der Waals surface area (Å²) in [6, 6.07) is 1.25. The standard InChI is InChI=1S/C13H27N3O/c1-2-12(10-14)15-5-7-16(8-6-15)13-4-3-9-17-11-13/h12-13H,2-11,14H2,1H3. The fourth-order valence-electron chi connectivity index (χ4n) is 3.05. The molecule has 2 atom stereocenters. The summed E-state index contributed by atoms with van der Waals surface area (Å²) in [5.74, 6) is 0. The zero-order valence-electron chi connectivity index (χ0n) is 11.1. The number of piperazine rings is 1. The van der Waals surface area contributed by atoms with Gasteiger partial charge in [-0.3, -0.25) is 9.80 Å². The first-order chi connectivity index (χ1) is 8.35. The molecule has 2 heterocycles. The molecule has 0 aromatic heterocycles. The van der Waals surface area contributed by atoms with Crippen LogP contribution in [0.4, 0.5) is 0 Å². The van der Waals surface area contributed by atoms with Gasteiger partial charge in [-0.05, 0) is 19.3 Å². The third kappa shape index (κ3) is 3.41. The van der Waals surface area contributed by atoms with E-state index >= 15 is 0 Å². The molecule has 4 heteroatoms. The first kappa shape index (κ1) is 13.3. The summed E-state index contributed by atoms with van der Waals surface area (Å²) in [7, 11) is 0. The van der Waals surface area contributed by atoms with E-state index in [-0.39, 0.29) is 0 Å². The van der Waals surface area contributed by atoms with Crippen molar-refractivity contribution >= 4 is 0 Å². The molecule has 0 radical (unpaired) electrons. The third-order valence-corrected chi connectivity index (χ3v) is 4.26. The van der Waals surface area contributed by atoms with Crippen LogP contribution >= 0.6 is 0 Å². The minimum Gasteiger partial charge on any atom is -0.380 e. The maximum Gasteiger partial charge on any atom is 0.0621 e. The van der Waals surface area contributed by atoms with Gasteiger partial charge in [-0.2, -0.15) is 0 Å². The van der Waals surface area contributed by atoms with Crippen molar-refractivity contribution in [1.82, 2.24) is 9.80 Å². The van der Waals surface area contributed by atoms with E-state index in [1.165, 1.54) is 45.4 Å². The smallest absolute Gasteiger partial charge is 0.0621 e. The fourth-order valence-corrected chi connectivity index (χ4v) is 3.05. The van der Waals surface area contributed by atoms with Gasteiger partial charge in [0.15, 0.2) is 0 Å². The van der Waals surface area contributed by atoms with Crippen molar-refractivity contribution < 1.29 is 4.74 Å². The Hall–Kier alpha value is -0.160. The van der Waals surface area contributed by atoms with Gasteiger partial charge in [0.25, 0.3) is 0 Å². The summed E-state index contributed by atoms with van der Waals surface area (Å²) >= 11 is 0. The van der Waals surface area contributed by atoms with Gasteiger partial charge >= 0.3 is 0 Å². The molecule has 2 rings (SSSR count). The van der Waals surface area contributed by atoms with E-state index in [4.69, 9.17) is 10.5 Å². The molecular formula is C13H27N3O. The second-order valence-corrected chi connectivity index (χ2v) is 5.24. The number of hydrogen-bond donors (Lipinski definition) is 1. The Morgan fingerprint density at radius 3 is 2.59 bits per heavy atom. The molecular weight excluding hydrogens is 214 g/mol. The second-order valence-electron chi connectivity index (χ2n) is 5.24. The number of ether oxygens (including phenoxy) is 1. The van der Waals surface area contributed by atoms with Gasteiger partial charge in [-0.25, -0.2) is 0 Å². The molecule has 0 saturated carbocycles. The molecule has 0 aliphatic carbocycles. The summed E-state index contributed by atoms with van der Waals surface area (Å²) in [4.78, 5) is 5.17. The molecule has 100 valence electrons. The molecule has 0 aromatic rings. The quantitative estimate of drug-likeness (QED) is 0.779. The van der Waals surface area contributed by atoms with Crippen molar-refractivity contribution in [3.8, 4) is 0 Å². The van der Waals surface area contributed by atoms with Crippen LogP contribution in [0.3, 0.4) is 0 Å². The number of nitrogens with zero attached hydrogens (tertiary/aromatic N) is 2. The van der Waals surface area contributed by atoms with E-state index in [1.54, 1.807) is 0 Å². The number of hydrogen-bond acceptors (Lipinski definition) is 4. The Labute approximate surface area is 105 Å². The van der Waals surface area contributed by atoms with Crippen LogP contribution in [-0.4, -0.2) is 67.8 Å². The van der Waals surface area contributed by atoms with E-state index in [9.17, 15) is 0 Å². The van der Waals surface area contributed by atoms with Crippen LogP contribution in [0.15, 0.2) is 0 Å². The van der Waals surface area contributed by atoms with Crippen LogP contribution in [0.25, 0.3) is 0 Å². The molecule has 2 fully saturated rings. The Bertz CT molecular complexity index is 207. The lowest BCUT2D eigenvalue weighted by Crippen LogP contribution is -2.55. The van der Waals surface area contributed by atoms with Crippen molar-refractivity contribution in [2.75, 3.05) is 45.9 Å². The van der Waals surface area contributed by atoms with Crippen LogP contribution in [0, 0.1) is 0 Å². The van der Waals surface area contributed by atoms with E-state index in [1.807, 2.05) is 0 Å².